The van der Waals surface area contributed by atoms with E-state index >= 15 is 0 Å². The molecule has 0 bridgehead atoms. The van der Waals surface area contributed by atoms with Crippen molar-refractivity contribution in [2.24, 2.45) is 0 Å². The molecule has 0 fully saturated rings. The summed E-state index contributed by atoms with van der Waals surface area (Å²) in [7, 11) is 1.42. The summed E-state index contributed by atoms with van der Waals surface area (Å²) in [6, 6.07) is 5.95. The molecule has 1 N–H and O–H groups in total. The van der Waals surface area contributed by atoms with Crippen LogP contribution in [0.5, 0.6) is 0 Å². The van der Waals surface area contributed by atoms with Gasteiger partial charge >= 0.3 is 5.97 Å². The second kappa shape index (κ2) is 4.94. The van der Waals surface area contributed by atoms with E-state index in [2.05, 4.69) is 0 Å². The van der Waals surface area contributed by atoms with Crippen LogP contribution in [0.2, 0.25) is 0 Å². The lowest BCUT2D eigenvalue weighted by atomic mass is 10.0. The highest BCUT2D eigenvalue weighted by Crippen LogP contribution is 2.12. The molecule has 3 heteroatoms. The van der Waals surface area contributed by atoms with Gasteiger partial charge in [0.1, 0.15) is 0 Å². The molecule has 0 aliphatic heterocycles. The summed E-state index contributed by atoms with van der Waals surface area (Å²) in [5.41, 5.74) is 3.38. The highest BCUT2D eigenvalue weighted by Gasteiger charge is 2.16. The number of aryl methyl sites for hydroxylation is 2. The summed E-state index contributed by atoms with van der Waals surface area (Å²) in [4.78, 5) is 10.8. The third-order valence-corrected chi connectivity index (χ3v) is 2.55. The lowest BCUT2D eigenvalue weighted by molar-refractivity contribution is -0.148. The quantitative estimate of drug-likeness (QED) is 0.822. The van der Waals surface area contributed by atoms with Crippen LogP contribution >= 0.6 is 0 Å². The Bertz CT molecular complexity index is 358. The Kier molecular flexibility index (Phi) is 3.86. The average molecular weight is 208 g/mol. The van der Waals surface area contributed by atoms with E-state index in [4.69, 9.17) is 9.84 Å². The van der Waals surface area contributed by atoms with E-state index in [9.17, 15) is 4.79 Å². The first-order valence-electron chi connectivity index (χ1n) is 4.86. The first-order chi connectivity index (χ1) is 7.04. The summed E-state index contributed by atoms with van der Waals surface area (Å²) in [6.07, 6.45) is -0.348. The van der Waals surface area contributed by atoms with Crippen LogP contribution < -0.4 is 0 Å². The van der Waals surface area contributed by atoms with Crippen LogP contribution in [0, 0.1) is 13.8 Å². The monoisotopic (exact) mass is 208 g/mol. The molecule has 0 aromatic heterocycles. The normalized spacial score (nSPS) is 12.5. The zero-order valence-electron chi connectivity index (χ0n) is 9.28. The van der Waals surface area contributed by atoms with Gasteiger partial charge in [0.05, 0.1) is 0 Å². The maximum atomic E-state index is 10.8. The number of carbonyl (C=O) groups is 1. The van der Waals surface area contributed by atoms with Crippen LogP contribution in [0.15, 0.2) is 18.2 Å². The summed E-state index contributed by atoms with van der Waals surface area (Å²) in [6.45, 7) is 4.05. The topological polar surface area (TPSA) is 46.5 Å². The highest BCUT2D eigenvalue weighted by molar-refractivity contribution is 5.72. The van der Waals surface area contributed by atoms with Crippen molar-refractivity contribution < 1.29 is 14.6 Å². The van der Waals surface area contributed by atoms with Crippen LogP contribution in [0.4, 0.5) is 0 Å². The minimum atomic E-state index is -0.921. The molecule has 0 spiro atoms. The SMILES string of the molecule is CO[C@@H](Cc1ccc(C)c(C)c1)C(=O)O. The third kappa shape index (κ3) is 3.06. The van der Waals surface area contributed by atoms with Crippen molar-refractivity contribution in [3.05, 3.63) is 34.9 Å². The van der Waals surface area contributed by atoms with Crippen molar-refractivity contribution in [3.8, 4) is 0 Å². The second-order valence-corrected chi connectivity index (χ2v) is 3.69. The number of ether oxygens (including phenoxy) is 1. The van der Waals surface area contributed by atoms with E-state index < -0.39 is 12.1 Å². The zero-order valence-corrected chi connectivity index (χ0v) is 9.28. The van der Waals surface area contributed by atoms with Gasteiger partial charge in [-0.25, -0.2) is 4.79 Å². The Balaban J connectivity index is 2.80. The summed E-state index contributed by atoms with van der Waals surface area (Å²) >= 11 is 0. The molecular weight excluding hydrogens is 192 g/mol. The number of carboxylic acid groups (broad SMARTS) is 1. The zero-order chi connectivity index (χ0) is 11.4. The Morgan fingerprint density at radius 2 is 2.07 bits per heavy atom. The maximum absolute atomic E-state index is 10.8. The van der Waals surface area contributed by atoms with Crippen LogP contribution in [-0.2, 0) is 16.0 Å². The van der Waals surface area contributed by atoms with E-state index in [0.29, 0.717) is 6.42 Å². The predicted molar refractivity (Wildman–Crippen MR) is 58.1 cm³/mol. The number of aliphatic carboxylic acids is 1. The van der Waals surface area contributed by atoms with Gasteiger partial charge in [0.2, 0.25) is 0 Å². The molecule has 15 heavy (non-hydrogen) atoms. The average Bonchev–Trinajstić information content (AvgIpc) is 2.19. The van der Waals surface area contributed by atoms with Gasteiger partial charge in [-0.3, -0.25) is 0 Å². The molecule has 0 amide bonds. The van der Waals surface area contributed by atoms with Gasteiger partial charge in [-0.2, -0.15) is 0 Å². The lowest BCUT2D eigenvalue weighted by Gasteiger charge is -2.11. The van der Waals surface area contributed by atoms with Gasteiger partial charge in [-0.15, -0.1) is 0 Å². The van der Waals surface area contributed by atoms with Crippen LogP contribution in [0.1, 0.15) is 16.7 Å². The third-order valence-electron chi connectivity index (χ3n) is 2.55. The Morgan fingerprint density at radius 3 is 2.53 bits per heavy atom. The molecule has 1 rings (SSSR count). The van der Waals surface area contributed by atoms with Gasteiger partial charge in [0.15, 0.2) is 6.10 Å². The Labute approximate surface area is 89.7 Å². The lowest BCUT2D eigenvalue weighted by Crippen LogP contribution is -2.24. The minimum absolute atomic E-state index is 0.410. The summed E-state index contributed by atoms with van der Waals surface area (Å²) in [5.74, 6) is -0.921. The molecule has 0 aliphatic rings. The van der Waals surface area contributed by atoms with E-state index in [1.54, 1.807) is 0 Å². The number of carboxylic acids is 1. The summed E-state index contributed by atoms with van der Waals surface area (Å²) in [5, 5.41) is 8.83. The largest absolute Gasteiger partial charge is 0.479 e. The Morgan fingerprint density at radius 1 is 1.40 bits per heavy atom. The van der Waals surface area contributed by atoms with E-state index in [0.717, 1.165) is 5.56 Å². The predicted octanol–water partition coefficient (Wildman–Crippen LogP) is 1.95. The molecular formula is C12H16O3. The molecule has 0 heterocycles. The molecule has 0 saturated heterocycles. The number of rotatable bonds is 4. The first-order valence-corrected chi connectivity index (χ1v) is 4.86. The fourth-order valence-electron chi connectivity index (χ4n) is 1.42. The van der Waals surface area contributed by atoms with Crippen molar-refractivity contribution in [2.75, 3.05) is 7.11 Å². The number of hydrogen-bond acceptors (Lipinski definition) is 2. The van der Waals surface area contributed by atoms with Gasteiger partial charge in [0, 0.05) is 13.5 Å². The molecule has 0 saturated carbocycles. The molecule has 1 aromatic carbocycles. The van der Waals surface area contributed by atoms with Crippen LogP contribution in [0.25, 0.3) is 0 Å². The first kappa shape index (κ1) is 11.7. The molecule has 1 aromatic rings. The highest BCUT2D eigenvalue weighted by atomic mass is 16.5. The number of methoxy groups -OCH3 is 1. The van der Waals surface area contributed by atoms with Gasteiger partial charge < -0.3 is 9.84 Å². The molecule has 1 atom stereocenters. The van der Waals surface area contributed by atoms with Gasteiger partial charge in [0.25, 0.3) is 0 Å². The summed E-state index contributed by atoms with van der Waals surface area (Å²) < 4.78 is 4.89. The van der Waals surface area contributed by atoms with Crippen molar-refractivity contribution in [3.63, 3.8) is 0 Å². The Hall–Kier alpha value is -1.35. The molecule has 82 valence electrons. The number of benzene rings is 1. The van der Waals surface area contributed by atoms with Crippen molar-refractivity contribution in [1.29, 1.82) is 0 Å². The fraction of sp³-hybridized carbons (Fsp3) is 0.417. The smallest absolute Gasteiger partial charge is 0.333 e. The molecule has 0 radical (unpaired) electrons. The van der Waals surface area contributed by atoms with Crippen molar-refractivity contribution >= 4 is 5.97 Å². The molecule has 0 unspecified atom stereocenters. The van der Waals surface area contributed by atoms with Crippen LogP contribution in [0.3, 0.4) is 0 Å². The molecule has 0 aliphatic carbocycles. The van der Waals surface area contributed by atoms with Gasteiger partial charge in [-0.1, -0.05) is 18.2 Å². The van der Waals surface area contributed by atoms with Crippen molar-refractivity contribution in [2.45, 2.75) is 26.4 Å². The van der Waals surface area contributed by atoms with E-state index in [-0.39, 0.29) is 0 Å². The second-order valence-electron chi connectivity index (χ2n) is 3.69. The van der Waals surface area contributed by atoms with Crippen molar-refractivity contribution in [1.82, 2.24) is 0 Å². The molecule has 3 nitrogen and oxygen atoms in total. The van der Waals surface area contributed by atoms with Crippen LogP contribution in [-0.4, -0.2) is 24.3 Å². The maximum Gasteiger partial charge on any atom is 0.333 e. The van der Waals surface area contributed by atoms with Gasteiger partial charge in [-0.05, 0) is 30.5 Å². The number of hydrogen-bond donors (Lipinski definition) is 1. The van der Waals surface area contributed by atoms with E-state index in [1.165, 1.54) is 18.2 Å². The standard InChI is InChI=1S/C12H16O3/c1-8-4-5-10(6-9(8)2)7-11(15-3)12(13)14/h4-6,11H,7H2,1-3H3,(H,13,14)/t11-/m0/s1. The fourth-order valence-corrected chi connectivity index (χ4v) is 1.42. The minimum Gasteiger partial charge on any atom is -0.479 e. The van der Waals surface area contributed by atoms with E-state index in [1.807, 2.05) is 32.0 Å².